The van der Waals surface area contributed by atoms with E-state index in [1.54, 1.807) is 6.92 Å². The zero-order chi connectivity index (χ0) is 7.78. The summed E-state index contributed by atoms with van der Waals surface area (Å²) in [6, 6.07) is -0.287. The molecule has 0 saturated carbocycles. The number of hydrogen-bond donors (Lipinski definition) is 1. The van der Waals surface area contributed by atoms with E-state index in [0.29, 0.717) is 6.42 Å². The molecule has 3 heteroatoms. The first-order valence-corrected chi connectivity index (χ1v) is 3.31. The molecule has 1 heterocycles. The normalized spacial score (nSPS) is 40.6. The Balaban J connectivity index is 2.70. The van der Waals surface area contributed by atoms with Crippen molar-refractivity contribution < 1.29 is 9.84 Å². The molecule has 2 radical (unpaired) electrons. The first-order valence-electron chi connectivity index (χ1n) is 3.31. The van der Waals surface area contributed by atoms with Crippen LogP contribution in [-0.2, 0) is 4.74 Å². The van der Waals surface area contributed by atoms with Gasteiger partial charge in [-0.1, -0.05) is 6.58 Å². The molecule has 0 aromatic rings. The van der Waals surface area contributed by atoms with E-state index in [1.165, 1.54) is 0 Å². The van der Waals surface area contributed by atoms with Crippen molar-refractivity contribution in [3.8, 4) is 0 Å². The van der Waals surface area contributed by atoms with Gasteiger partial charge in [0.25, 0.3) is 0 Å². The fourth-order valence-electron chi connectivity index (χ4n) is 1.07. The SMILES string of the molecule is [B][C@H]1CC(=C)[C@@](C)(CO)O1. The third-order valence-electron chi connectivity index (χ3n) is 1.91. The van der Waals surface area contributed by atoms with Crippen molar-refractivity contribution >= 4 is 7.85 Å². The second-order valence-corrected chi connectivity index (χ2v) is 2.85. The number of ether oxygens (including phenoxy) is 1. The minimum absolute atomic E-state index is 0.0421. The molecule has 1 N–H and O–H groups in total. The molecule has 0 aromatic carbocycles. The quantitative estimate of drug-likeness (QED) is 0.414. The number of rotatable bonds is 1. The van der Waals surface area contributed by atoms with Gasteiger partial charge in [0.15, 0.2) is 0 Å². The van der Waals surface area contributed by atoms with E-state index in [4.69, 9.17) is 17.7 Å². The van der Waals surface area contributed by atoms with Crippen LogP contribution in [0.1, 0.15) is 13.3 Å². The lowest BCUT2D eigenvalue weighted by Crippen LogP contribution is -2.30. The molecule has 1 aliphatic heterocycles. The summed E-state index contributed by atoms with van der Waals surface area (Å²) in [6.45, 7) is 5.52. The van der Waals surface area contributed by atoms with Crippen LogP contribution in [0.15, 0.2) is 12.2 Å². The van der Waals surface area contributed by atoms with E-state index in [9.17, 15) is 0 Å². The van der Waals surface area contributed by atoms with Crippen LogP contribution in [0.3, 0.4) is 0 Å². The summed E-state index contributed by atoms with van der Waals surface area (Å²) in [4.78, 5) is 0. The molecule has 0 aliphatic carbocycles. The zero-order valence-corrected chi connectivity index (χ0v) is 6.13. The fraction of sp³-hybridized carbons (Fsp3) is 0.714. The lowest BCUT2D eigenvalue weighted by atomic mass is 9.92. The van der Waals surface area contributed by atoms with Crippen molar-refractivity contribution in [3.05, 3.63) is 12.2 Å². The number of hydrogen-bond acceptors (Lipinski definition) is 2. The van der Waals surface area contributed by atoms with Gasteiger partial charge in [0.2, 0.25) is 0 Å². The smallest absolute Gasteiger partial charge is 0.109 e. The van der Waals surface area contributed by atoms with Crippen molar-refractivity contribution in [2.45, 2.75) is 24.9 Å². The van der Waals surface area contributed by atoms with Crippen molar-refractivity contribution in [3.63, 3.8) is 0 Å². The van der Waals surface area contributed by atoms with Crippen LogP contribution in [0.4, 0.5) is 0 Å². The maximum absolute atomic E-state index is 8.87. The third-order valence-corrected chi connectivity index (χ3v) is 1.91. The first kappa shape index (κ1) is 7.83. The third kappa shape index (κ3) is 1.11. The minimum atomic E-state index is -0.598. The van der Waals surface area contributed by atoms with E-state index >= 15 is 0 Å². The predicted molar refractivity (Wildman–Crippen MR) is 39.9 cm³/mol. The maximum atomic E-state index is 8.87. The highest BCUT2D eigenvalue weighted by molar-refractivity contribution is 6.11. The molecule has 2 atom stereocenters. The fourth-order valence-corrected chi connectivity index (χ4v) is 1.07. The Morgan fingerprint density at radius 3 is 2.80 bits per heavy atom. The summed E-state index contributed by atoms with van der Waals surface area (Å²) in [6.07, 6.45) is 0.650. The van der Waals surface area contributed by atoms with E-state index in [-0.39, 0.29) is 12.6 Å². The molecule has 0 amide bonds. The molecule has 0 bridgehead atoms. The molecule has 54 valence electrons. The highest BCUT2D eigenvalue weighted by Gasteiger charge is 2.36. The summed E-state index contributed by atoms with van der Waals surface area (Å²) in [7, 11) is 5.48. The van der Waals surface area contributed by atoms with E-state index in [0.717, 1.165) is 5.57 Å². The van der Waals surface area contributed by atoms with Gasteiger partial charge in [-0.2, -0.15) is 0 Å². The lowest BCUT2D eigenvalue weighted by molar-refractivity contribution is -0.0195. The Bertz CT molecular complexity index is 158. The molecule has 1 rings (SSSR count). The van der Waals surface area contributed by atoms with Gasteiger partial charge in [-0.3, -0.25) is 0 Å². The highest BCUT2D eigenvalue weighted by Crippen LogP contribution is 2.32. The van der Waals surface area contributed by atoms with E-state index in [1.807, 2.05) is 0 Å². The molecule has 2 nitrogen and oxygen atoms in total. The molecule has 0 unspecified atom stereocenters. The summed E-state index contributed by atoms with van der Waals surface area (Å²) in [5.74, 6) is 0. The van der Waals surface area contributed by atoms with Crippen LogP contribution >= 0.6 is 0 Å². The van der Waals surface area contributed by atoms with Crippen molar-refractivity contribution in [1.29, 1.82) is 0 Å². The highest BCUT2D eigenvalue weighted by atomic mass is 16.5. The van der Waals surface area contributed by atoms with Crippen molar-refractivity contribution in [2.24, 2.45) is 0 Å². The average molecular weight is 138 g/mol. The topological polar surface area (TPSA) is 29.5 Å². The Hall–Kier alpha value is -0.275. The van der Waals surface area contributed by atoms with Gasteiger partial charge in [0.1, 0.15) is 13.4 Å². The van der Waals surface area contributed by atoms with Crippen LogP contribution in [0, 0.1) is 0 Å². The molecule has 1 fully saturated rings. The van der Waals surface area contributed by atoms with Gasteiger partial charge in [0.05, 0.1) is 6.61 Å². The lowest BCUT2D eigenvalue weighted by Gasteiger charge is -2.22. The molecule has 0 spiro atoms. The number of aliphatic hydroxyl groups excluding tert-OH is 1. The summed E-state index contributed by atoms with van der Waals surface area (Å²) >= 11 is 0. The second-order valence-electron chi connectivity index (χ2n) is 2.85. The molecule has 0 aromatic heterocycles. The van der Waals surface area contributed by atoms with Gasteiger partial charge in [-0.15, -0.1) is 0 Å². The molecule has 1 saturated heterocycles. The van der Waals surface area contributed by atoms with Gasteiger partial charge in [0, 0.05) is 6.00 Å². The van der Waals surface area contributed by atoms with Crippen molar-refractivity contribution in [2.75, 3.05) is 6.61 Å². The van der Waals surface area contributed by atoms with Crippen molar-refractivity contribution in [1.82, 2.24) is 0 Å². The Morgan fingerprint density at radius 1 is 2.00 bits per heavy atom. The molecular weight excluding hydrogens is 127 g/mol. The monoisotopic (exact) mass is 138 g/mol. The van der Waals surface area contributed by atoms with Crippen LogP contribution in [0.25, 0.3) is 0 Å². The van der Waals surface area contributed by atoms with Gasteiger partial charge in [-0.25, -0.2) is 0 Å². The van der Waals surface area contributed by atoms with Gasteiger partial charge >= 0.3 is 0 Å². The standard InChI is InChI=1S/C7H11BO2/c1-5-3-6(8)10-7(5,2)4-9/h6,9H,1,3-4H2,2H3/t6-,7-/m1/s1. The zero-order valence-electron chi connectivity index (χ0n) is 6.13. The van der Waals surface area contributed by atoms with Crippen LogP contribution in [0.2, 0.25) is 0 Å². The Morgan fingerprint density at radius 2 is 2.60 bits per heavy atom. The predicted octanol–water partition coefficient (Wildman–Crippen LogP) is 0.208. The minimum Gasteiger partial charge on any atom is -0.393 e. The second kappa shape index (κ2) is 2.40. The average Bonchev–Trinajstić information content (AvgIpc) is 2.09. The summed E-state index contributed by atoms with van der Waals surface area (Å²) < 4.78 is 5.24. The molecular formula is C7H11BO2. The number of aliphatic hydroxyl groups is 1. The maximum Gasteiger partial charge on any atom is 0.109 e. The van der Waals surface area contributed by atoms with E-state index in [2.05, 4.69) is 6.58 Å². The summed E-state index contributed by atoms with van der Waals surface area (Å²) in [5, 5.41) is 8.87. The summed E-state index contributed by atoms with van der Waals surface area (Å²) in [5.41, 5.74) is 0.280. The Labute approximate surface area is 62.3 Å². The first-order chi connectivity index (χ1) is 4.58. The van der Waals surface area contributed by atoms with Crippen LogP contribution in [0.5, 0.6) is 0 Å². The van der Waals surface area contributed by atoms with Gasteiger partial charge < -0.3 is 9.84 Å². The molecule has 10 heavy (non-hydrogen) atoms. The molecule has 1 aliphatic rings. The van der Waals surface area contributed by atoms with E-state index < -0.39 is 5.60 Å². The van der Waals surface area contributed by atoms with Crippen LogP contribution in [-0.4, -0.2) is 31.2 Å². The Kier molecular flexibility index (Phi) is 1.88. The largest absolute Gasteiger partial charge is 0.393 e. The van der Waals surface area contributed by atoms with Gasteiger partial charge in [-0.05, 0) is 18.9 Å². The van der Waals surface area contributed by atoms with Crippen LogP contribution < -0.4 is 0 Å².